The number of Topliss-reactive ketones (excluding diaryl/α,β-unsaturated/α-hetero) is 1. The van der Waals surface area contributed by atoms with Gasteiger partial charge in [0.05, 0.1) is 17.9 Å². The lowest BCUT2D eigenvalue weighted by Crippen LogP contribution is -2.22. The van der Waals surface area contributed by atoms with Crippen LogP contribution >= 0.6 is 0 Å². The first-order valence-electron chi connectivity index (χ1n) is 7.01. The molecule has 1 aromatic heterocycles. The SMILES string of the molecule is CCC(=O)c1ccc(N(C)C(C)c2ccccc2F)cn1. The summed E-state index contributed by atoms with van der Waals surface area (Å²) in [5, 5.41) is 0. The monoisotopic (exact) mass is 286 g/mol. The topological polar surface area (TPSA) is 33.2 Å². The van der Waals surface area contributed by atoms with Gasteiger partial charge >= 0.3 is 0 Å². The second kappa shape index (κ2) is 6.48. The summed E-state index contributed by atoms with van der Waals surface area (Å²) in [5.74, 6) is -0.200. The molecular weight excluding hydrogens is 267 g/mol. The molecule has 0 aliphatic heterocycles. The highest BCUT2D eigenvalue weighted by molar-refractivity contribution is 5.94. The molecule has 0 radical (unpaired) electrons. The molecule has 4 heteroatoms. The molecule has 0 saturated heterocycles. The third-order valence-corrected chi connectivity index (χ3v) is 3.70. The van der Waals surface area contributed by atoms with E-state index in [2.05, 4.69) is 4.98 Å². The van der Waals surface area contributed by atoms with Crippen LogP contribution in [0.25, 0.3) is 0 Å². The number of hydrogen-bond acceptors (Lipinski definition) is 3. The molecule has 0 fully saturated rings. The Morgan fingerprint density at radius 1 is 1.29 bits per heavy atom. The minimum atomic E-state index is -0.220. The van der Waals surface area contributed by atoms with Gasteiger partial charge in [0, 0.05) is 19.0 Å². The van der Waals surface area contributed by atoms with Crippen LogP contribution in [0.2, 0.25) is 0 Å². The maximum Gasteiger partial charge on any atom is 0.180 e. The van der Waals surface area contributed by atoms with E-state index in [4.69, 9.17) is 0 Å². The summed E-state index contributed by atoms with van der Waals surface area (Å²) in [6.07, 6.45) is 2.09. The van der Waals surface area contributed by atoms with Gasteiger partial charge in [-0.25, -0.2) is 4.39 Å². The minimum Gasteiger partial charge on any atom is -0.366 e. The Morgan fingerprint density at radius 3 is 2.57 bits per heavy atom. The second-order valence-electron chi connectivity index (χ2n) is 4.99. The number of pyridine rings is 1. The van der Waals surface area contributed by atoms with E-state index < -0.39 is 0 Å². The maximum absolute atomic E-state index is 13.8. The van der Waals surface area contributed by atoms with Gasteiger partial charge in [0.1, 0.15) is 11.5 Å². The van der Waals surface area contributed by atoms with Crippen LogP contribution in [0.15, 0.2) is 42.6 Å². The highest BCUT2D eigenvalue weighted by Crippen LogP contribution is 2.26. The lowest BCUT2D eigenvalue weighted by molar-refractivity contribution is 0.0983. The highest BCUT2D eigenvalue weighted by Gasteiger charge is 2.16. The first-order valence-corrected chi connectivity index (χ1v) is 7.01. The number of halogens is 1. The number of carbonyl (C=O) groups is 1. The number of hydrogen-bond donors (Lipinski definition) is 0. The highest BCUT2D eigenvalue weighted by atomic mass is 19.1. The molecule has 2 rings (SSSR count). The summed E-state index contributed by atoms with van der Waals surface area (Å²) < 4.78 is 13.8. The van der Waals surface area contributed by atoms with E-state index in [9.17, 15) is 9.18 Å². The number of nitrogens with zero attached hydrogens (tertiary/aromatic N) is 2. The number of anilines is 1. The Balaban J connectivity index is 2.22. The molecule has 3 nitrogen and oxygen atoms in total. The van der Waals surface area contributed by atoms with Crippen molar-refractivity contribution in [1.82, 2.24) is 4.98 Å². The molecule has 0 saturated carbocycles. The van der Waals surface area contributed by atoms with Gasteiger partial charge in [-0.1, -0.05) is 25.1 Å². The smallest absolute Gasteiger partial charge is 0.180 e. The molecule has 0 spiro atoms. The Kier molecular flexibility index (Phi) is 4.68. The molecule has 0 aliphatic carbocycles. The Morgan fingerprint density at radius 2 is 2.00 bits per heavy atom. The Labute approximate surface area is 124 Å². The number of rotatable bonds is 5. The number of carbonyl (C=O) groups excluding carboxylic acids is 1. The first kappa shape index (κ1) is 15.2. The largest absolute Gasteiger partial charge is 0.366 e. The molecule has 21 heavy (non-hydrogen) atoms. The van der Waals surface area contributed by atoms with Crippen molar-refractivity contribution in [2.75, 3.05) is 11.9 Å². The standard InChI is InChI=1S/C17H19FN2O/c1-4-17(21)16-10-9-13(11-19-16)20(3)12(2)14-7-5-6-8-15(14)18/h5-12H,4H2,1-3H3. The molecule has 110 valence electrons. The molecule has 0 N–H and O–H groups in total. The molecule has 1 atom stereocenters. The van der Waals surface area contributed by atoms with E-state index >= 15 is 0 Å². The third-order valence-electron chi connectivity index (χ3n) is 3.70. The Hall–Kier alpha value is -2.23. The fraction of sp³-hybridized carbons (Fsp3) is 0.294. The van der Waals surface area contributed by atoms with Crippen molar-refractivity contribution in [2.24, 2.45) is 0 Å². The van der Waals surface area contributed by atoms with Gasteiger partial charge in [0.15, 0.2) is 5.78 Å². The number of aromatic nitrogens is 1. The van der Waals surface area contributed by atoms with Crippen LogP contribution in [0.3, 0.4) is 0 Å². The van der Waals surface area contributed by atoms with E-state index in [-0.39, 0.29) is 17.6 Å². The zero-order valence-corrected chi connectivity index (χ0v) is 12.5. The summed E-state index contributed by atoms with van der Waals surface area (Å²) in [6, 6.07) is 10.2. The van der Waals surface area contributed by atoms with Crippen molar-refractivity contribution in [3.63, 3.8) is 0 Å². The van der Waals surface area contributed by atoms with Crippen molar-refractivity contribution < 1.29 is 9.18 Å². The van der Waals surface area contributed by atoms with Crippen LogP contribution in [0.4, 0.5) is 10.1 Å². The average molecular weight is 286 g/mol. The van der Waals surface area contributed by atoms with Crippen LogP contribution in [-0.4, -0.2) is 17.8 Å². The molecule has 1 heterocycles. The van der Waals surface area contributed by atoms with Crippen molar-refractivity contribution in [2.45, 2.75) is 26.3 Å². The van der Waals surface area contributed by atoms with E-state index in [0.717, 1.165) is 5.69 Å². The van der Waals surface area contributed by atoms with Crippen LogP contribution in [-0.2, 0) is 0 Å². The van der Waals surface area contributed by atoms with Crippen molar-refractivity contribution in [1.29, 1.82) is 0 Å². The van der Waals surface area contributed by atoms with Gasteiger partial charge in [-0.2, -0.15) is 0 Å². The summed E-state index contributed by atoms with van der Waals surface area (Å²) in [6.45, 7) is 3.74. The van der Waals surface area contributed by atoms with Crippen molar-refractivity contribution in [3.05, 3.63) is 59.7 Å². The van der Waals surface area contributed by atoms with Crippen LogP contribution in [0.1, 0.15) is 42.4 Å². The normalized spacial score (nSPS) is 12.0. The number of benzene rings is 1. The van der Waals surface area contributed by atoms with Gasteiger partial charge in [-0.05, 0) is 25.1 Å². The molecule has 0 amide bonds. The van der Waals surface area contributed by atoms with Gasteiger partial charge in [0.2, 0.25) is 0 Å². The molecule has 0 bridgehead atoms. The fourth-order valence-corrected chi connectivity index (χ4v) is 2.19. The molecule has 1 aromatic carbocycles. The van der Waals surface area contributed by atoms with Crippen LogP contribution in [0.5, 0.6) is 0 Å². The summed E-state index contributed by atoms with van der Waals surface area (Å²) in [5.41, 5.74) is 1.94. The molecule has 0 aliphatic rings. The zero-order chi connectivity index (χ0) is 15.4. The molecular formula is C17H19FN2O. The van der Waals surface area contributed by atoms with Gasteiger partial charge in [-0.3, -0.25) is 9.78 Å². The summed E-state index contributed by atoms with van der Waals surface area (Å²) in [7, 11) is 1.88. The Bertz CT molecular complexity index is 625. The predicted octanol–water partition coefficient (Wildman–Crippen LogP) is 4.01. The summed E-state index contributed by atoms with van der Waals surface area (Å²) >= 11 is 0. The zero-order valence-electron chi connectivity index (χ0n) is 12.5. The second-order valence-corrected chi connectivity index (χ2v) is 4.99. The number of ketones is 1. The van der Waals surface area contributed by atoms with Crippen LogP contribution < -0.4 is 4.90 Å². The van der Waals surface area contributed by atoms with Gasteiger partial charge in [0.25, 0.3) is 0 Å². The average Bonchev–Trinajstić information content (AvgIpc) is 2.53. The van der Waals surface area contributed by atoms with Gasteiger partial charge in [-0.15, -0.1) is 0 Å². The van der Waals surface area contributed by atoms with Crippen LogP contribution in [0, 0.1) is 5.82 Å². The first-order chi connectivity index (χ1) is 10.0. The third kappa shape index (κ3) is 3.27. The van der Waals surface area contributed by atoms with Crippen molar-refractivity contribution in [3.8, 4) is 0 Å². The predicted molar refractivity (Wildman–Crippen MR) is 82.1 cm³/mol. The lowest BCUT2D eigenvalue weighted by Gasteiger charge is -2.27. The van der Waals surface area contributed by atoms with Crippen molar-refractivity contribution >= 4 is 11.5 Å². The van der Waals surface area contributed by atoms with E-state index in [0.29, 0.717) is 17.7 Å². The minimum absolute atomic E-state index is 0.0198. The van der Waals surface area contributed by atoms with Gasteiger partial charge < -0.3 is 4.90 Å². The van der Waals surface area contributed by atoms with E-state index in [1.54, 1.807) is 24.4 Å². The van der Waals surface area contributed by atoms with E-state index in [1.165, 1.54) is 6.07 Å². The summed E-state index contributed by atoms with van der Waals surface area (Å²) in [4.78, 5) is 17.7. The lowest BCUT2D eigenvalue weighted by atomic mass is 10.1. The van der Waals surface area contributed by atoms with E-state index in [1.807, 2.05) is 37.9 Å². The molecule has 1 unspecified atom stereocenters. The maximum atomic E-state index is 13.8. The fourth-order valence-electron chi connectivity index (χ4n) is 2.19. The molecule has 2 aromatic rings. The quantitative estimate of drug-likeness (QED) is 0.779.